The Hall–Kier alpha value is -1.95. The second-order valence-electron chi connectivity index (χ2n) is 5.80. The average Bonchev–Trinajstić information content (AvgIpc) is 3.05. The van der Waals surface area contributed by atoms with Crippen molar-refractivity contribution in [2.45, 2.75) is 38.5 Å². The number of rotatable bonds is 4. The van der Waals surface area contributed by atoms with E-state index in [2.05, 4.69) is 29.0 Å². The Bertz CT molecular complexity index is 633. The van der Waals surface area contributed by atoms with E-state index in [1.165, 1.54) is 0 Å². The van der Waals surface area contributed by atoms with Gasteiger partial charge in [0.15, 0.2) is 0 Å². The molecule has 0 N–H and O–H groups in total. The summed E-state index contributed by atoms with van der Waals surface area (Å²) < 4.78 is 16.6. The zero-order valence-electron chi connectivity index (χ0n) is 13.2. The Balaban J connectivity index is 1.86. The van der Waals surface area contributed by atoms with Gasteiger partial charge >= 0.3 is 0 Å². The second-order valence-corrected chi connectivity index (χ2v) is 5.80. The van der Waals surface area contributed by atoms with Gasteiger partial charge in [0.25, 0.3) is 5.89 Å². The van der Waals surface area contributed by atoms with Crippen LogP contribution in [0.4, 0.5) is 0 Å². The Morgan fingerprint density at radius 1 is 1.23 bits per heavy atom. The Morgan fingerprint density at radius 2 is 2.00 bits per heavy atom. The fourth-order valence-corrected chi connectivity index (χ4v) is 2.62. The van der Waals surface area contributed by atoms with Crippen molar-refractivity contribution in [3.63, 3.8) is 0 Å². The predicted octanol–water partition coefficient (Wildman–Crippen LogP) is 3.16. The van der Waals surface area contributed by atoms with Crippen LogP contribution in [-0.4, -0.2) is 35.5 Å². The lowest BCUT2D eigenvalue weighted by Gasteiger charge is -2.18. The topological polar surface area (TPSA) is 70.3 Å². The Labute approximate surface area is 129 Å². The molecule has 1 saturated heterocycles. The highest BCUT2D eigenvalue weighted by Crippen LogP contribution is 2.31. The van der Waals surface area contributed by atoms with Gasteiger partial charge in [-0.2, -0.15) is 0 Å². The molecule has 3 rings (SSSR count). The first kappa shape index (κ1) is 15.0. The number of pyridine rings is 1. The van der Waals surface area contributed by atoms with Crippen LogP contribution < -0.4 is 4.74 Å². The molecule has 0 atom stereocenters. The highest BCUT2D eigenvalue weighted by atomic mass is 16.5. The van der Waals surface area contributed by atoms with E-state index >= 15 is 0 Å². The van der Waals surface area contributed by atoms with Crippen LogP contribution in [0.2, 0.25) is 0 Å². The van der Waals surface area contributed by atoms with Gasteiger partial charge in [0, 0.05) is 37.0 Å². The smallest absolute Gasteiger partial charge is 0.266 e. The van der Waals surface area contributed by atoms with Crippen LogP contribution in [-0.2, 0) is 4.74 Å². The molecule has 6 heteroatoms. The molecular formula is C16H21N3O3. The van der Waals surface area contributed by atoms with E-state index < -0.39 is 0 Å². The van der Waals surface area contributed by atoms with Gasteiger partial charge < -0.3 is 13.9 Å². The second kappa shape index (κ2) is 6.44. The monoisotopic (exact) mass is 303 g/mol. The van der Waals surface area contributed by atoms with Crippen molar-refractivity contribution in [2.24, 2.45) is 0 Å². The minimum atomic E-state index is 0.284. The maximum absolute atomic E-state index is 5.81. The molecule has 0 radical (unpaired) electrons. The first-order valence-corrected chi connectivity index (χ1v) is 7.64. The molecule has 3 heterocycles. The summed E-state index contributed by atoms with van der Waals surface area (Å²) in [4.78, 5) is 4.44. The number of methoxy groups -OCH3 is 1. The van der Waals surface area contributed by atoms with Gasteiger partial charge in [-0.05, 0) is 18.8 Å². The summed E-state index contributed by atoms with van der Waals surface area (Å²) in [5.41, 5.74) is 1.71. The summed E-state index contributed by atoms with van der Waals surface area (Å²) in [5.74, 6) is 2.54. The zero-order valence-corrected chi connectivity index (χ0v) is 13.2. The highest BCUT2D eigenvalue weighted by Gasteiger charge is 2.23. The summed E-state index contributed by atoms with van der Waals surface area (Å²) in [6, 6.07) is 1.86. The van der Waals surface area contributed by atoms with E-state index in [1.54, 1.807) is 7.11 Å². The summed E-state index contributed by atoms with van der Waals surface area (Å²) in [6.07, 6.45) is 3.66. The van der Waals surface area contributed by atoms with Crippen molar-refractivity contribution >= 4 is 0 Å². The van der Waals surface area contributed by atoms with E-state index in [9.17, 15) is 0 Å². The molecule has 22 heavy (non-hydrogen) atoms. The summed E-state index contributed by atoms with van der Waals surface area (Å²) in [5, 5.41) is 8.31. The first-order valence-electron chi connectivity index (χ1n) is 7.64. The molecular weight excluding hydrogens is 282 g/mol. The van der Waals surface area contributed by atoms with E-state index in [0.717, 1.165) is 37.4 Å². The summed E-state index contributed by atoms with van der Waals surface area (Å²) in [7, 11) is 1.66. The van der Waals surface area contributed by atoms with Crippen LogP contribution in [0.1, 0.15) is 50.0 Å². The van der Waals surface area contributed by atoms with Gasteiger partial charge in [0.2, 0.25) is 5.89 Å². The molecule has 0 bridgehead atoms. The maximum Gasteiger partial charge on any atom is 0.266 e. The van der Waals surface area contributed by atoms with Gasteiger partial charge in [-0.3, -0.25) is 4.98 Å². The fourth-order valence-electron chi connectivity index (χ4n) is 2.62. The molecule has 6 nitrogen and oxygen atoms in total. The van der Waals surface area contributed by atoms with Crippen molar-refractivity contribution < 1.29 is 13.9 Å². The van der Waals surface area contributed by atoms with Crippen LogP contribution in [0, 0.1) is 0 Å². The quantitative estimate of drug-likeness (QED) is 0.864. The third kappa shape index (κ3) is 2.97. The molecule has 0 saturated carbocycles. The van der Waals surface area contributed by atoms with Crippen molar-refractivity contribution in [1.29, 1.82) is 0 Å². The molecule has 0 aromatic carbocycles. The predicted molar refractivity (Wildman–Crippen MR) is 81.0 cm³/mol. The SMILES string of the molecule is COc1cc(-c2nnc(C3CCOCC3)o2)ncc1C(C)C. The average molecular weight is 303 g/mol. The molecule has 1 fully saturated rings. The standard InChI is InChI=1S/C16H21N3O3/c1-10(2)12-9-17-13(8-14(12)20-3)16-19-18-15(22-16)11-4-6-21-7-5-11/h8-11H,4-7H2,1-3H3. The van der Waals surface area contributed by atoms with Gasteiger partial charge in [-0.1, -0.05) is 13.8 Å². The molecule has 0 unspecified atom stereocenters. The molecule has 1 aliphatic heterocycles. The van der Waals surface area contributed by atoms with Crippen molar-refractivity contribution in [3.05, 3.63) is 23.7 Å². The molecule has 2 aromatic heterocycles. The van der Waals surface area contributed by atoms with Crippen LogP contribution in [0.25, 0.3) is 11.6 Å². The van der Waals surface area contributed by atoms with Gasteiger partial charge in [-0.25, -0.2) is 0 Å². The van der Waals surface area contributed by atoms with Gasteiger partial charge in [0.05, 0.1) is 7.11 Å². The normalized spacial score (nSPS) is 16.2. The Kier molecular flexibility index (Phi) is 4.38. The molecule has 0 amide bonds. The van der Waals surface area contributed by atoms with Crippen molar-refractivity contribution in [1.82, 2.24) is 15.2 Å². The fraction of sp³-hybridized carbons (Fsp3) is 0.562. The van der Waals surface area contributed by atoms with Crippen molar-refractivity contribution in [3.8, 4) is 17.3 Å². The van der Waals surface area contributed by atoms with E-state index in [0.29, 0.717) is 23.4 Å². The lowest BCUT2D eigenvalue weighted by molar-refractivity contribution is 0.0795. The number of nitrogens with zero attached hydrogens (tertiary/aromatic N) is 3. The van der Waals surface area contributed by atoms with E-state index in [1.807, 2.05) is 12.3 Å². The van der Waals surface area contributed by atoms with Crippen LogP contribution in [0.15, 0.2) is 16.7 Å². The lowest BCUT2D eigenvalue weighted by Crippen LogP contribution is -2.14. The number of hydrogen-bond donors (Lipinski definition) is 0. The molecule has 2 aromatic rings. The van der Waals surface area contributed by atoms with E-state index in [4.69, 9.17) is 13.9 Å². The first-order chi connectivity index (χ1) is 10.7. The number of aromatic nitrogens is 3. The largest absolute Gasteiger partial charge is 0.496 e. The molecule has 0 aliphatic carbocycles. The maximum atomic E-state index is 5.81. The third-order valence-electron chi connectivity index (χ3n) is 3.97. The number of hydrogen-bond acceptors (Lipinski definition) is 6. The summed E-state index contributed by atoms with van der Waals surface area (Å²) in [6.45, 7) is 5.71. The lowest BCUT2D eigenvalue weighted by atomic mass is 10.0. The van der Waals surface area contributed by atoms with E-state index in [-0.39, 0.29) is 5.92 Å². The minimum Gasteiger partial charge on any atom is -0.496 e. The molecule has 118 valence electrons. The van der Waals surface area contributed by atoms with Crippen LogP contribution >= 0.6 is 0 Å². The molecule has 1 aliphatic rings. The van der Waals surface area contributed by atoms with Gasteiger partial charge in [-0.15, -0.1) is 10.2 Å². The van der Waals surface area contributed by atoms with Crippen molar-refractivity contribution in [2.75, 3.05) is 20.3 Å². The molecule has 0 spiro atoms. The number of ether oxygens (including phenoxy) is 2. The Morgan fingerprint density at radius 3 is 2.68 bits per heavy atom. The van der Waals surface area contributed by atoms with Crippen LogP contribution in [0.3, 0.4) is 0 Å². The van der Waals surface area contributed by atoms with Gasteiger partial charge in [0.1, 0.15) is 11.4 Å². The highest BCUT2D eigenvalue weighted by molar-refractivity contribution is 5.52. The van der Waals surface area contributed by atoms with Crippen LogP contribution in [0.5, 0.6) is 5.75 Å². The summed E-state index contributed by atoms with van der Waals surface area (Å²) >= 11 is 0. The third-order valence-corrected chi connectivity index (χ3v) is 3.97. The zero-order chi connectivity index (χ0) is 15.5. The minimum absolute atomic E-state index is 0.284.